The van der Waals surface area contributed by atoms with Gasteiger partial charge in [-0.15, -0.1) is 0 Å². The standard InChI is InChI=1S/C15H11ClO4/c16-12-5-6-14(11(7-12)8-17)20-9-10-3-1-2-4-13(10)15(18)19/h1-8H,9H2,(H,18,19). The van der Waals surface area contributed by atoms with E-state index in [1.165, 1.54) is 12.1 Å². The van der Waals surface area contributed by atoms with Crippen molar-refractivity contribution in [2.24, 2.45) is 0 Å². The van der Waals surface area contributed by atoms with E-state index >= 15 is 0 Å². The van der Waals surface area contributed by atoms with Crippen molar-refractivity contribution in [3.63, 3.8) is 0 Å². The minimum atomic E-state index is -1.02. The van der Waals surface area contributed by atoms with Crippen molar-refractivity contribution < 1.29 is 19.4 Å². The molecule has 0 radical (unpaired) electrons. The van der Waals surface area contributed by atoms with Gasteiger partial charge >= 0.3 is 5.97 Å². The normalized spacial score (nSPS) is 10.1. The highest BCUT2D eigenvalue weighted by molar-refractivity contribution is 6.30. The molecular formula is C15H11ClO4. The zero-order valence-electron chi connectivity index (χ0n) is 10.4. The summed E-state index contributed by atoms with van der Waals surface area (Å²) in [6, 6.07) is 11.2. The van der Waals surface area contributed by atoms with E-state index in [1.807, 2.05) is 0 Å². The van der Waals surface area contributed by atoms with E-state index in [2.05, 4.69) is 0 Å². The van der Waals surface area contributed by atoms with E-state index < -0.39 is 5.97 Å². The molecule has 0 fully saturated rings. The highest BCUT2D eigenvalue weighted by Crippen LogP contribution is 2.22. The van der Waals surface area contributed by atoms with Crippen molar-refractivity contribution in [3.05, 3.63) is 64.2 Å². The van der Waals surface area contributed by atoms with E-state index in [0.717, 1.165) is 0 Å². The lowest BCUT2D eigenvalue weighted by Gasteiger charge is -2.10. The molecule has 2 rings (SSSR count). The van der Waals surface area contributed by atoms with E-state index in [-0.39, 0.29) is 12.2 Å². The van der Waals surface area contributed by atoms with Gasteiger partial charge in [0.1, 0.15) is 12.4 Å². The number of rotatable bonds is 5. The predicted octanol–water partition coefficient (Wildman–Crippen LogP) is 3.43. The van der Waals surface area contributed by atoms with Crippen LogP contribution in [0.5, 0.6) is 5.75 Å². The van der Waals surface area contributed by atoms with E-state index in [4.69, 9.17) is 21.4 Å². The maximum atomic E-state index is 11.1. The molecule has 0 aromatic heterocycles. The van der Waals surface area contributed by atoms with Crippen molar-refractivity contribution in [2.45, 2.75) is 6.61 Å². The van der Waals surface area contributed by atoms with Crippen LogP contribution in [0.3, 0.4) is 0 Å². The molecule has 0 spiro atoms. The summed E-state index contributed by atoms with van der Waals surface area (Å²) in [5.74, 6) is -0.652. The van der Waals surface area contributed by atoms with Gasteiger partial charge in [0.25, 0.3) is 0 Å². The van der Waals surface area contributed by atoms with Crippen LogP contribution in [0.15, 0.2) is 42.5 Å². The lowest BCUT2D eigenvalue weighted by Crippen LogP contribution is -2.06. The lowest BCUT2D eigenvalue weighted by atomic mass is 10.1. The number of carboxylic acid groups (broad SMARTS) is 1. The summed E-state index contributed by atoms with van der Waals surface area (Å²) in [5.41, 5.74) is 1.03. The molecule has 2 aromatic carbocycles. The molecular weight excluding hydrogens is 280 g/mol. The van der Waals surface area contributed by atoms with Gasteiger partial charge in [-0.3, -0.25) is 4.79 Å². The van der Waals surface area contributed by atoms with Crippen molar-refractivity contribution in [1.82, 2.24) is 0 Å². The fourth-order valence-corrected chi connectivity index (χ4v) is 1.93. The second kappa shape index (κ2) is 6.21. The maximum Gasteiger partial charge on any atom is 0.336 e. The summed E-state index contributed by atoms with van der Waals surface area (Å²) in [4.78, 5) is 22.0. The number of hydrogen-bond acceptors (Lipinski definition) is 3. The Bertz CT molecular complexity index is 652. The second-order valence-corrected chi connectivity index (χ2v) is 4.49. The second-order valence-electron chi connectivity index (χ2n) is 4.05. The highest BCUT2D eigenvalue weighted by Gasteiger charge is 2.10. The van der Waals surface area contributed by atoms with Crippen molar-refractivity contribution in [1.29, 1.82) is 0 Å². The summed E-state index contributed by atoms with van der Waals surface area (Å²) in [7, 11) is 0. The number of carbonyl (C=O) groups excluding carboxylic acids is 1. The minimum Gasteiger partial charge on any atom is -0.488 e. The van der Waals surface area contributed by atoms with Gasteiger partial charge in [0.05, 0.1) is 11.1 Å². The first-order chi connectivity index (χ1) is 9.61. The molecule has 0 aliphatic heterocycles. The number of aldehydes is 1. The topological polar surface area (TPSA) is 63.6 Å². The van der Waals surface area contributed by atoms with Gasteiger partial charge in [-0.05, 0) is 24.3 Å². The molecule has 0 atom stereocenters. The lowest BCUT2D eigenvalue weighted by molar-refractivity contribution is 0.0693. The average Bonchev–Trinajstić information content (AvgIpc) is 2.46. The zero-order valence-corrected chi connectivity index (χ0v) is 11.1. The van der Waals surface area contributed by atoms with Crippen molar-refractivity contribution in [3.8, 4) is 5.75 Å². The largest absolute Gasteiger partial charge is 0.488 e. The summed E-state index contributed by atoms with van der Waals surface area (Å²) in [6.07, 6.45) is 0.643. The molecule has 2 aromatic rings. The smallest absolute Gasteiger partial charge is 0.336 e. The number of hydrogen-bond donors (Lipinski definition) is 1. The molecule has 0 bridgehead atoms. The van der Waals surface area contributed by atoms with Gasteiger partial charge in [-0.2, -0.15) is 0 Å². The average molecular weight is 291 g/mol. The third-order valence-corrected chi connectivity index (χ3v) is 2.96. The summed E-state index contributed by atoms with van der Waals surface area (Å²) >= 11 is 5.79. The Labute approximate surface area is 120 Å². The van der Waals surface area contributed by atoms with Crippen LogP contribution in [0.1, 0.15) is 26.3 Å². The minimum absolute atomic E-state index is 0.0605. The Morgan fingerprint density at radius 2 is 2.00 bits per heavy atom. The fourth-order valence-electron chi connectivity index (χ4n) is 1.75. The first kappa shape index (κ1) is 14.1. The van der Waals surface area contributed by atoms with E-state index in [9.17, 15) is 9.59 Å². The number of carbonyl (C=O) groups is 2. The molecule has 5 heteroatoms. The molecule has 0 aliphatic rings. The summed E-state index contributed by atoms with van der Waals surface area (Å²) in [6.45, 7) is 0.0605. The molecule has 0 heterocycles. The molecule has 1 N–H and O–H groups in total. The Morgan fingerprint density at radius 1 is 1.25 bits per heavy atom. The number of halogens is 1. The number of aromatic carboxylic acids is 1. The Kier molecular flexibility index (Phi) is 4.38. The van der Waals surface area contributed by atoms with Gasteiger partial charge in [0.15, 0.2) is 6.29 Å². The van der Waals surface area contributed by atoms with Crippen molar-refractivity contribution in [2.75, 3.05) is 0 Å². The zero-order chi connectivity index (χ0) is 14.5. The first-order valence-electron chi connectivity index (χ1n) is 5.80. The van der Waals surface area contributed by atoms with E-state index in [0.29, 0.717) is 28.2 Å². The Hall–Kier alpha value is -2.33. The summed E-state index contributed by atoms with van der Waals surface area (Å²) < 4.78 is 5.51. The molecule has 0 aliphatic carbocycles. The quantitative estimate of drug-likeness (QED) is 0.857. The van der Waals surface area contributed by atoms with Crippen LogP contribution in [-0.4, -0.2) is 17.4 Å². The first-order valence-corrected chi connectivity index (χ1v) is 6.18. The monoisotopic (exact) mass is 290 g/mol. The van der Waals surface area contributed by atoms with Gasteiger partial charge in [0.2, 0.25) is 0 Å². The van der Waals surface area contributed by atoms with Crippen LogP contribution < -0.4 is 4.74 Å². The van der Waals surface area contributed by atoms with Crippen molar-refractivity contribution >= 4 is 23.9 Å². The predicted molar refractivity (Wildman–Crippen MR) is 74.6 cm³/mol. The van der Waals surface area contributed by atoms with Crippen LogP contribution in [0, 0.1) is 0 Å². The third-order valence-electron chi connectivity index (χ3n) is 2.73. The molecule has 0 saturated carbocycles. The molecule has 20 heavy (non-hydrogen) atoms. The van der Waals surface area contributed by atoms with E-state index in [1.54, 1.807) is 30.3 Å². The summed E-state index contributed by atoms with van der Waals surface area (Å²) in [5, 5.41) is 9.51. The Morgan fingerprint density at radius 3 is 2.70 bits per heavy atom. The van der Waals surface area contributed by atoms with Crippen LogP contribution in [0.4, 0.5) is 0 Å². The number of benzene rings is 2. The van der Waals surface area contributed by atoms with Gasteiger partial charge in [0, 0.05) is 10.6 Å². The molecule has 0 saturated heterocycles. The molecule has 4 nitrogen and oxygen atoms in total. The van der Waals surface area contributed by atoms with Crippen LogP contribution in [-0.2, 0) is 6.61 Å². The molecule has 0 unspecified atom stereocenters. The highest BCUT2D eigenvalue weighted by atomic mass is 35.5. The number of carboxylic acids is 1. The van der Waals surface area contributed by atoms with Gasteiger partial charge in [-0.1, -0.05) is 29.8 Å². The van der Waals surface area contributed by atoms with Gasteiger partial charge < -0.3 is 9.84 Å². The van der Waals surface area contributed by atoms with Gasteiger partial charge in [-0.25, -0.2) is 4.79 Å². The number of ether oxygens (including phenoxy) is 1. The maximum absolute atomic E-state index is 11.1. The van der Waals surface area contributed by atoms with Crippen LogP contribution >= 0.6 is 11.6 Å². The third kappa shape index (κ3) is 3.16. The van der Waals surface area contributed by atoms with Crippen LogP contribution in [0.2, 0.25) is 5.02 Å². The fraction of sp³-hybridized carbons (Fsp3) is 0.0667. The SMILES string of the molecule is O=Cc1cc(Cl)ccc1OCc1ccccc1C(=O)O. The molecule has 102 valence electrons. The van der Waals surface area contributed by atoms with Crippen LogP contribution in [0.25, 0.3) is 0 Å². The Balaban J connectivity index is 2.21. The molecule has 0 amide bonds.